The normalized spacial score (nSPS) is 11.6. The van der Waals surface area contributed by atoms with Gasteiger partial charge in [0.1, 0.15) is 0 Å². The van der Waals surface area contributed by atoms with Crippen LogP contribution in [0, 0.1) is 6.92 Å². The zero-order valence-electron chi connectivity index (χ0n) is 8.66. The van der Waals surface area contributed by atoms with Crippen LogP contribution in [-0.2, 0) is 17.7 Å². The smallest absolute Gasteiger partial charge is 0.0513 e. The molecule has 3 nitrogen and oxygen atoms in total. The molecule has 1 atom stereocenters. The Labute approximate surface area is 109 Å². The van der Waals surface area contributed by atoms with Crippen LogP contribution in [0.5, 0.6) is 0 Å². The van der Waals surface area contributed by atoms with Crippen LogP contribution in [-0.4, -0.2) is 38.3 Å². The molecule has 0 heterocycles. The van der Waals surface area contributed by atoms with Crippen molar-refractivity contribution in [3.8, 4) is 0 Å². The van der Waals surface area contributed by atoms with Crippen LogP contribution < -0.4 is 4.72 Å². The quantitative estimate of drug-likeness (QED) is 0.619. The van der Waals surface area contributed by atoms with Crippen molar-refractivity contribution in [2.45, 2.75) is 20.3 Å². The van der Waals surface area contributed by atoms with Gasteiger partial charge in [-0.1, -0.05) is 25.1 Å². The number of para-hydroxylation sites is 1. The first-order valence-electron chi connectivity index (χ1n) is 4.09. The standard InChI is InChI=1S/C9H13NO2S.Na/c1-3-8-6-4-5-7(2)9(8)10-13(11)12;/h4-6,10H,3H2,1-2H3,(H,11,12);/p-1. The number of anilines is 1. The van der Waals surface area contributed by atoms with Gasteiger partial charge in [0.15, 0.2) is 0 Å². The Morgan fingerprint density at radius 3 is 2.64 bits per heavy atom. The Morgan fingerprint density at radius 2 is 2.14 bits per heavy atom. The van der Waals surface area contributed by atoms with Gasteiger partial charge in [0.25, 0.3) is 0 Å². The van der Waals surface area contributed by atoms with Gasteiger partial charge in [-0.15, -0.1) is 0 Å². The predicted octanol–water partition coefficient (Wildman–Crippen LogP) is 1.38. The molecule has 0 aliphatic rings. The molecule has 1 aromatic rings. The van der Waals surface area contributed by atoms with Crippen molar-refractivity contribution in [1.29, 1.82) is 0 Å². The van der Waals surface area contributed by atoms with Crippen LogP contribution in [0.3, 0.4) is 0 Å². The van der Waals surface area contributed by atoms with E-state index in [0.29, 0.717) is 5.69 Å². The second-order valence-corrected chi connectivity index (χ2v) is 3.47. The van der Waals surface area contributed by atoms with E-state index in [9.17, 15) is 8.76 Å². The summed E-state index contributed by atoms with van der Waals surface area (Å²) in [6.45, 7) is 3.88. The van der Waals surface area contributed by atoms with Crippen LogP contribution in [0.4, 0.5) is 5.69 Å². The fourth-order valence-electron chi connectivity index (χ4n) is 1.25. The first-order chi connectivity index (χ1) is 6.15. The molecule has 0 saturated carbocycles. The molecule has 0 aromatic heterocycles. The number of benzene rings is 1. The van der Waals surface area contributed by atoms with E-state index in [0.717, 1.165) is 17.5 Å². The monoisotopic (exact) mass is 221 g/mol. The fraction of sp³-hybridized carbons (Fsp3) is 0.333. The minimum atomic E-state index is -2.24. The number of aryl methyl sites for hydroxylation is 2. The van der Waals surface area contributed by atoms with Crippen molar-refractivity contribution >= 4 is 46.5 Å². The molecule has 1 aromatic carbocycles. The van der Waals surface area contributed by atoms with Crippen LogP contribution in [0.25, 0.3) is 0 Å². The van der Waals surface area contributed by atoms with Crippen molar-refractivity contribution in [3.05, 3.63) is 29.3 Å². The maximum absolute atomic E-state index is 10.5. The first-order valence-corrected chi connectivity index (χ1v) is 5.17. The van der Waals surface area contributed by atoms with Gasteiger partial charge < -0.3 is 9.27 Å². The van der Waals surface area contributed by atoms with Gasteiger partial charge in [-0.2, -0.15) is 0 Å². The van der Waals surface area contributed by atoms with Crippen molar-refractivity contribution in [1.82, 2.24) is 0 Å². The molecule has 1 N–H and O–H groups in total. The average Bonchev–Trinajstić information content (AvgIpc) is 2.08. The summed E-state index contributed by atoms with van der Waals surface area (Å²) in [6.07, 6.45) is 0.821. The summed E-state index contributed by atoms with van der Waals surface area (Å²) >= 11 is -2.24. The Bertz CT molecular complexity index is 331. The van der Waals surface area contributed by atoms with Crippen molar-refractivity contribution in [2.24, 2.45) is 0 Å². The summed E-state index contributed by atoms with van der Waals surface area (Å²) in [7, 11) is 0. The molecule has 1 radical (unpaired) electrons. The molecule has 0 bridgehead atoms. The number of nitrogens with one attached hydrogen (secondary N) is 1. The second-order valence-electron chi connectivity index (χ2n) is 2.80. The fourth-order valence-corrected chi connectivity index (χ4v) is 1.71. The predicted molar refractivity (Wildman–Crippen MR) is 58.9 cm³/mol. The van der Waals surface area contributed by atoms with Crippen molar-refractivity contribution < 1.29 is 8.76 Å². The van der Waals surface area contributed by atoms with Crippen LogP contribution in [0.2, 0.25) is 0 Å². The Hall–Kier alpha value is 0.130. The molecular formula is C9H12NNaO2S-. The Morgan fingerprint density at radius 1 is 1.50 bits per heavy atom. The summed E-state index contributed by atoms with van der Waals surface area (Å²) in [6, 6.07) is 5.73. The van der Waals surface area contributed by atoms with Gasteiger partial charge >= 0.3 is 0 Å². The summed E-state index contributed by atoms with van der Waals surface area (Å²) in [5.41, 5.74) is 2.67. The molecule has 0 aliphatic heterocycles. The minimum Gasteiger partial charge on any atom is -0.755 e. The maximum atomic E-state index is 10.5. The molecule has 73 valence electrons. The molecule has 14 heavy (non-hydrogen) atoms. The van der Waals surface area contributed by atoms with Crippen LogP contribution in [0.15, 0.2) is 18.2 Å². The first kappa shape index (κ1) is 14.1. The summed E-state index contributed by atoms with van der Waals surface area (Å²) < 4.78 is 23.4. The molecule has 5 heteroatoms. The van der Waals surface area contributed by atoms with Gasteiger partial charge in [-0.05, 0) is 24.5 Å². The molecule has 0 fully saturated rings. The third-order valence-electron chi connectivity index (χ3n) is 1.93. The van der Waals surface area contributed by atoms with E-state index in [2.05, 4.69) is 4.72 Å². The van der Waals surface area contributed by atoms with Crippen molar-refractivity contribution in [3.63, 3.8) is 0 Å². The van der Waals surface area contributed by atoms with E-state index < -0.39 is 11.3 Å². The summed E-state index contributed by atoms with van der Waals surface area (Å²) in [4.78, 5) is 0. The second kappa shape index (κ2) is 6.58. The SMILES string of the molecule is CCc1cccc(C)c1NS(=O)[O-].[Na]. The number of hydrogen-bond acceptors (Lipinski definition) is 2. The molecule has 0 spiro atoms. The van der Waals surface area contributed by atoms with E-state index in [-0.39, 0.29) is 29.6 Å². The molecule has 1 rings (SSSR count). The van der Waals surface area contributed by atoms with E-state index in [4.69, 9.17) is 0 Å². The minimum absolute atomic E-state index is 0. The van der Waals surface area contributed by atoms with Gasteiger partial charge in [-0.25, -0.2) is 0 Å². The Balaban J connectivity index is 0.00000169. The van der Waals surface area contributed by atoms with Gasteiger partial charge in [0, 0.05) is 40.8 Å². The maximum Gasteiger partial charge on any atom is 0.0513 e. The molecular weight excluding hydrogens is 209 g/mol. The third kappa shape index (κ3) is 3.71. The van der Waals surface area contributed by atoms with E-state index in [1.54, 1.807) is 0 Å². The van der Waals surface area contributed by atoms with Crippen LogP contribution in [0.1, 0.15) is 18.1 Å². The zero-order chi connectivity index (χ0) is 9.84. The summed E-state index contributed by atoms with van der Waals surface area (Å²) in [5.74, 6) is 0. The van der Waals surface area contributed by atoms with Gasteiger partial charge in [0.05, 0.1) is 5.69 Å². The van der Waals surface area contributed by atoms with E-state index in [1.165, 1.54) is 0 Å². The third-order valence-corrected chi connectivity index (χ3v) is 2.30. The van der Waals surface area contributed by atoms with Gasteiger partial charge in [0.2, 0.25) is 0 Å². The summed E-state index contributed by atoms with van der Waals surface area (Å²) in [5, 5.41) is 0. The number of hydrogen-bond donors (Lipinski definition) is 1. The van der Waals surface area contributed by atoms with E-state index >= 15 is 0 Å². The zero-order valence-corrected chi connectivity index (χ0v) is 11.5. The average molecular weight is 221 g/mol. The number of rotatable bonds is 3. The molecule has 0 saturated heterocycles. The van der Waals surface area contributed by atoms with Gasteiger partial charge in [-0.3, -0.25) is 4.21 Å². The van der Waals surface area contributed by atoms with E-state index in [1.807, 2.05) is 32.0 Å². The molecule has 1 unspecified atom stereocenters. The Kier molecular flexibility index (Phi) is 6.64. The van der Waals surface area contributed by atoms with Crippen molar-refractivity contribution in [2.75, 3.05) is 4.72 Å². The molecule has 0 aliphatic carbocycles. The van der Waals surface area contributed by atoms with Crippen LogP contribution >= 0.6 is 0 Å². The molecule has 0 amide bonds. The topological polar surface area (TPSA) is 52.2 Å². The largest absolute Gasteiger partial charge is 0.755 e.